The first-order valence-corrected chi connectivity index (χ1v) is 11.6. The van der Waals surface area contributed by atoms with Crippen LogP contribution in [0.3, 0.4) is 0 Å². The second kappa shape index (κ2) is 9.72. The summed E-state index contributed by atoms with van der Waals surface area (Å²) in [4.78, 5) is 28.9. The van der Waals surface area contributed by atoms with E-state index in [1.165, 1.54) is 18.4 Å². The number of hydrogen-bond acceptors (Lipinski definition) is 8. The van der Waals surface area contributed by atoms with E-state index in [9.17, 15) is 14.7 Å². The monoisotopic (exact) mass is 482 g/mol. The molecule has 0 bridgehead atoms. The number of amides is 1. The van der Waals surface area contributed by atoms with Crippen molar-refractivity contribution >= 4 is 38.6 Å². The van der Waals surface area contributed by atoms with Crippen molar-refractivity contribution in [1.29, 1.82) is 0 Å². The van der Waals surface area contributed by atoms with Gasteiger partial charge in [-0.05, 0) is 50.5 Å². The Morgan fingerprint density at radius 1 is 1.29 bits per heavy atom. The number of allylic oxidation sites excluding steroid dienone is 2. The Morgan fingerprint density at radius 3 is 2.82 bits per heavy atom. The van der Waals surface area contributed by atoms with Crippen molar-refractivity contribution in [1.82, 2.24) is 4.98 Å². The highest BCUT2D eigenvalue weighted by Crippen LogP contribution is 2.42. The van der Waals surface area contributed by atoms with E-state index in [4.69, 9.17) is 14.2 Å². The standard InChI is InChI=1S/C25H26N2O6S/c1-13(5-8-16-22(29)21-17(12-33-24(21)30)14(2)23(16)32-4)6-10-20(28)27-25-26-18-9-7-15(31-3)11-19(18)34-25/h5,7,9,11,29H,6,8,10,12H2,1-4H3,(H,26,27,28). The number of phenols is 1. The van der Waals surface area contributed by atoms with Crippen LogP contribution in [0.1, 0.15) is 46.8 Å². The Kier molecular flexibility index (Phi) is 6.74. The minimum absolute atomic E-state index is 0.103. The van der Waals surface area contributed by atoms with Gasteiger partial charge in [-0.25, -0.2) is 9.78 Å². The lowest BCUT2D eigenvalue weighted by Gasteiger charge is -2.15. The van der Waals surface area contributed by atoms with E-state index in [-0.39, 0.29) is 23.8 Å². The number of aromatic nitrogens is 1. The van der Waals surface area contributed by atoms with Gasteiger partial charge in [0.25, 0.3) is 0 Å². The number of cyclic esters (lactones) is 1. The van der Waals surface area contributed by atoms with Gasteiger partial charge in [-0.2, -0.15) is 0 Å². The van der Waals surface area contributed by atoms with Crippen molar-refractivity contribution in [3.63, 3.8) is 0 Å². The van der Waals surface area contributed by atoms with Gasteiger partial charge in [0.2, 0.25) is 5.91 Å². The van der Waals surface area contributed by atoms with Crippen LogP contribution in [0.5, 0.6) is 17.2 Å². The summed E-state index contributed by atoms with van der Waals surface area (Å²) in [6.07, 6.45) is 3.13. The summed E-state index contributed by atoms with van der Waals surface area (Å²) in [7, 11) is 3.14. The van der Waals surface area contributed by atoms with Gasteiger partial charge in [-0.1, -0.05) is 23.0 Å². The maximum Gasteiger partial charge on any atom is 0.342 e. The number of esters is 1. The summed E-state index contributed by atoms with van der Waals surface area (Å²) in [5.74, 6) is 0.534. The molecule has 0 spiro atoms. The maximum absolute atomic E-state index is 12.4. The number of nitrogens with one attached hydrogen (secondary N) is 1. The highest BCUT2D eigenvalue weighted by molar-refractivity contribution is 7.22. The van der Waals surface area contributed by atoms with E-state index in [2.05, 4.69) is 10.3 Å². The first kappa shape index (κ1) is 23.6. The van der Waals surface area contributed by atoms with Gasteiger partial charge >= 0.3 is 5.97 Å². The summed E-state index contributed by atoms with van der Waals surface area (Å²) in [5, 5.41) is 14.1. The Bertz CT molecular complexity index is 1310. The van der Waals surface area contributed by atoms with Gasteiger partial charge in [0.15, 0.2) is 5.13 Å². The van der Waals surface area contributed by atoms with E-state index >= 15 is 0 Å². The molecule has 1 aliphatic rings. The summed E-state index contributed by atoms with van der Waals surface area (Å²) < 4.78 is 16.8. The van der Waals surface area contributed by atoms with E-state index in [1.807, 2.05) is 38.1 Å². The molecule has 1 aliphatic heterocycles. The van der Waals surface area contributed by atoms with Crippen molar-refractivity contribution in [2.24, 2.45) is 0 Å². The van der Waals surface area contributed by atoms with Crippen molar-refractivity contribution in [2.45, 2.75) is 39.7 Å². The summed E-state index contributed by atoms with van der Waals surface area (Å²) in [6, 6.07) is 5.58. The molecule has 0 fully saturated rings. The third-order valence-corrected chi connectivity index (χ3v) is 6.82. The number of thiazole rings is 1. The second-order valence-electron chi connectivity index (χ2n) is 8.07. The van der Waals surface area contributed by atoms with Gasteiger partial charge < -0.3 is 24.6 Å². The molecule has 2 N–H and O–H groups in total. The molecule has 2 heterocycles. The predicted octanol–water partition coefficient (Wildman–Crippen LogP) is 4.91. The number of fused-ring (bicyclic) bond motifs is 2. The minimum Gasteiger partial charge on any atom is -0.507 e. The average Bonchev–Trinajstić information content (AvgIpc) is 3.41. The smallest absolute Gasteiger partial charge is 0.342 e. The van der Waals surface area contributed by atoms with Crippen molar-refractivity contribution in [3.8, 4) is 17.2 Å². The molecule has 0 unspecified atom stereocenters. The molecule has 0 saturated carbocycles. The van der Waals surface area contributed by atoms with Crippen LogP contribution in [-0.2, 0) is 22.6 Å². The summed E-state index contributed by atoms with van der Waals surface area (Å²) in [6.45, 7) is 3.91. The number of benzene rings is 2. The molecular formula is C25H26N2O6S. The Morgan fingerprint density at radius 2 is 2.09 bits per heavy atom. The fourth-order valence-electron chi connectivity index (χ4n) is 3.98. The molecule has 8 nitrogen and oxygen atoms in total. The number of phenolic OH excluding ortho intramolecular Hbond substituents is 1. The van der Waals surface area contributed by atoms with Gasteiger partial charge in [0.05, 0.1) is 24.4 Å². The van der Waals surface area contributed by atoms with Crippen LogP contribution in [0.2, 0.25) is 0 Å². The van der Waals surface area contributed by atoms with Crippen molar-refractivity contribution < 1.29 is 28.9 Å². The van der Waals surface area contributed by atoms with Gasteiger partial charge in [-0.3, -0.25) is 4.79 Å². The topological polar surface area (TPSA) is 107 Å². The van der Waals surface area contributed by atoms with E-state index < -0.39 is 5.97 Å². The molecule has 9 heteroatoms. The molecule has 1 amide bonds. The number of carbonyl (C=O) groups excluding carboxylic acids is 2. The zero-order chi connectivity index (χ0) is 24.4. The molecule has 0 atom stereocenters. The number of nitrogens with zero attached hydrogens (tertiary/aromatic N) is 1. The number of aromatic hydroxyl groups is 1. The van der Waals surface area contributed by atoms with Crippen LogP contribution in [0.15, 0.2) is 29.8 Å². The number of anilines is 1. The SMILES string of the molecule is COc1ccc2nc(NC(=O)CCC(C)=CCc3c(O)c4c(c(C)c3OC)COC4=O)sc2c1. The van der Waals surface area contributed by atoms with Crippen molar-refractivity contribution in [2.75, 3.05) is 19.5 Å². The maximum atomic E-state index is 12.4. The zero-order valence-electron chi connectivity index (χ0n) is 19.5. The first-order valence-electron chi connectivity index (χ1n) is 10.8. The van der Waals surface area contributed by atoms with Gasteiger partial charge in [-0.15, -0.1) is 0 Å². The number of methoxy groups -OCH3 is 2. The lowest BCUT2D eigenvalue weighted by atomic mass is 9.94. The lowest BCUT2D eigenvalue weighted by molar-refractivity contribution is -0.116. The third kappa shape index (κ3) is 4.56. The molecule has 34 heavy (non-hydrogen) atoms. The number of carbonyl (C=O) groups is 2. The highest BCUT2D eigenvalue weighted by atomic mass is 32.1. The number of hydrogen-bond donors (Lipinski definition) is 2. The Balaban J connectivity index is 1.40. The average molecular weight is 483 g/mol. The third-order valence-electron chi connectivity index (χ3n) is 5.89. The molecular weight excluding hydrogens is 456 g/mol. The Hall–Kier alpha value is -3.59. The van der Waals surface area contributed by atoms with E-state index in [0.29, 0.717) is 41.3 Å². The predicted molar refractivity (Wildman–Crippen MR) is 130 cm³/mol. The van der Waals surface area contributed by atoms with Gasteiger partial charge in [0, 0.05) is 17.5 Å². The molecule has 3 aromatic rings. The van der Waals surface area contributed by atoms with Crippen LogP contribution in [0, 0.1) is 6.92 Å². The van der Waals surface area contributed by atoms with Crippen LogP contribution in [0.4, 0.5) is 5.13 Å². The fraction of sp³-hybridized carbons (Fsp3) is 0.320. The number of rotatable bonds is 8. The molecule has 2 aromatic carbocycles. The first-order chi connectivity index (χ1) is 16.3. The minimum atomic E-state index is -0.523. The molecule has 178 valence electrons. The van der Waals surface area contributed by atoms with E-state index in [0.717, 1.165) is 27.1 Å². The largest absolute Gasteiger partial charge is 0.507 e. The molecule has 0 aliphatic carbocycles. The molecule has 0 radical (unpaired) electrons. The second-order valence-corrected chi connectivity index (χ2v) is 9.10. The molecule has 1 aromatic heterocycles. The van der Waals surface area contributed by atoms with Crippen LogP contribution < -0.4 is 14.8 Å². The zero-order valence-corrected chi connectivity index (χ0v) is 20.3. The summed E-state index contributed by atoms with van der Waals surface area (Å²) in [5.41, 5.74) is 3.98. The van der Waals surface area contributed by atoms with Crippen LogP contribution >= 0.6 is 11.3 Å². The quantitative estimate of drug-likeness (QED) is 0.347. The van der Waals surface area contributed by atoms with E-state index in [1.54, 1.807) is 7.11 Å². The van der Waals surface area contributed by atoms with Crippen LogP contribution in [-0.4, -0.2) is 36.2 Å². The summed E-state index contributed by atoms with van der Waals surface area (Å²) >= 11 is 1.40. The highest BCUT2D eigenvalue weighted by Gasteiger charge is 2.31. The van der Waals surface area contributed by atoms with Crippen molar-refractivity contribution in [3.05, 3.63) is 52.1 Å². The lowest BCUT2D eigenvalue weighted by Crippen LogP contribution is -2.11. The molecule has 4 rings (SSSR count). The van der Waals surface area contributed by atoms with Crippen LogP contribution in [0.25, 0.3) is 10.2 Å². The Labute approximate surface area is 201 Å². The number of ether oxygens (including phenoxy) is 3. The molecule has 0 saturated heterocycles. The van der Waals surface area contributed by atoms with Gasteiger partial charge in [0.1, 0.15) is 29.4 Å². The fourth-order valence-corrected chi connectivity index (χ4v) is 4.89. The normalized spacial score (nSPS) is 13.1.